The maximum Gasteiger partial charge on any atom is 0.0623 e. The zero-order chi connectivity index (χ0) is 44.1. The van der Waals surface area contributed by atoms with Crippen LogP contribution in [0.25, 0.3) is 109 Å². The van der Waals surface area contributed by atoms with Crippen molar-refractivity contribution in [3.05, 3.63) is 223 Å². The first-order chi connectivity index (χ1) is 33.0. The third kappa shape index (κ3) is 5.05. The van der Waals surface area contributed by atoms with E-state index in [1.54, 1.807) is 0 Å². The van der Waals surface area contributed by atoms with Crippen LogP contribution in [0.4, 0.5) is 17.1 Å². The highest BCUT2D eigenvalue weighted by Crippen LogP contribution is 2.58. The van der Waals surface area contributed by atoms with Gasteiger partial charge in [0.25, 0.3) is 0 Å². The van der Waals surface area contributed by atoms with Gasteiger partial charge >= 0.3 is 0 Å². The lowest BCUT2D eigenvalue weighted by molar-refractivity contribution is 0.661. The van der Waals surface area contributed by atoms with Crippen molar-refractivity contribution in [3.63, 3.8) is 0 Å². The summed E-state index contributed by atoms with van der Waals surface area (Å²) >= 11 is 1.86. The van der Waals surface area contributed by atoms with Crippen molar-refractivity contribution in [2.75, 3.05) is 4.90 Å². The van der Waals surface area contributed by atoms with E-state index in [0.717, 1.165) is 22.7 Å². The molecule has 15 rings (SSSR count). The number of anilines is 3. The van der Waals surface area contributed by atoms with E-state index >= 15 is 0 Å². The smallest absolute Gasteiger partial charge is 0.0623 e. The molecule has 4 heteroatoms. The minimum Gasteiger partial charge on any atom is -0.310 e. The molecular weight excluding hydrogens is 831 g/mol. The molecule has 0 bridgehead atoms. The summed E-state index contributed by atoms with van der Waals surface area (Å²) in [5, 5.41) is 7.65. The molecular formula is C63H41N3S. The van der Waals surface area contributed by atoms with Crippen LogP contribution in [-0.2, 0) is 5.41 Å². The molecule has 0 atom stereocenters. The summed E-state index contributed by atoms with van der Waals surface area (Å²) in [7, 11) is 0. The minimum atomic E-state index is -0.0837. The van der Waals surface area contributed by atoms with E-state index in [9.17, 15) is 0 Å². The van der Waals surface area contributed by atoms with Crippen LogP contribution in [-0.4, -0.2) is 9.13 Å². The molecule has 1 aliphatic heterocycles. The normalized spacial score (nSPS) is 13.3. The van der Waals surface area contributed by atoms with E-state index in [0.29, 0.717) is 0 Å². The molecule has 10 aromatic carbocycles. The second-order valence-electron chi connectivity index (χ2n) is 18.9. The second-order valence-corrected chi connectivity index (χ2v) is 20.0. The van der Waals surface area contributed by atoms with Crippen molar-refractivity contribution in [1.29, 1.82) is 0 Å². The largest absolute Gasteiger partial charge is 0.310 e. The van der Waals surface area contributed by atoms with Gasteiger partial charge < -0.3 is 14.0 Å². The zero-order valence-electron chi connectivity index (χ0n) is 37.0. The summed E-state index contributed by atoms with van der Waals surface area (Å²) in [6.45, 7) is 4.78. The molecule has 0 radical (unpaired) electrons. The molecule has 67 heavy (non-hydrogen) atoms. The second kappa shape index (κ2) is 13.4. The van der Waals surface area contributed by atoms with Crippen LogP contribution in [0.1, 0.15) is 25.0 Å². The van der Waals surface area contributed by atoms with Crippen molar-refractivity contribution >= 4 is 92.2 Å². The number of rotatable bonds is 5. The predicted octanol–water partition coefficient (Wildman–Crippen LogP) is 17.7. The Hall–Kier alpha value is -8.18. The average Bonchev–Trinajstić information content (AvgIpc) is 4.06. The molecule has 0 unspecified atom stereocenters. The molecule has 0 spiro atoms. The number of benzene rings is 10. The topological polar surface area (TPSA) is 13.1 Å². The summed E-state index contributed by atoms with van der Waals surface area (Å²) in [6, 6.07) is 79.2. The molecule has 0 saturated carbocycles. The van der Waals surface area contributed by atoms with Gasteiger partial charge in [-0.1, -0.05) is 141 Å². The fourth-order valence-corrected chi connectivity index (χ4v) is 13.1. The van der Waals surface area contributed by atoms with E-state index in [2.05, 4.69) is 240 Å². The van der Waals surface area contributed by atoms with Gasteiger partial charge in [-0.2, -0.15) is 0 Å². The van der Waals surface area contributed by atoms with Crippen LogP contribution < -0.4 is 4.90 Å². The van der Waals surface area contributed by atoms with Crippen LogP contribution in [0, 0.1) is 0 Å². The van der Waals surface area contributed by atoms with Crippen LogP contribution in [0.15, 0.2) is 212 Å². The van der Waals surface area contributed by atoms with Gasteiger partial charge in [0.05, 0.1) is 27.8 Å². The molecule has 1 aliphatic carbocycles. The Morgan fingerprint density at radius 2 is 1.01 bits per heavy atom. The number of nitrogens with zero attached hydrogens (tertiary/aromatic N) is 3. The summed E-state index contributed by atoms with van der Waals surface area (Å²) in [4.78, 5) is 2.43. The first-order valence-electron chi connectivity index (χ1n) is 23.3. The molecule has 0 N–H and O–H groups in total. The summed E-state index contributed by atoms with van der Waals surface area (Å²) in [6.07, 6.45) is 0. The molecule has 0 amide bonds. The highest BCUT2D eigenvalue weighted by Gasteiger charge is 2.40. The monoisotopic (exact) mass is 871 g/mol. The number of thiophene rings is 1. The lowest BCUT2D eigenvalue weighted by atomic mass is 9.81. The third-order valence-electron chi connectivity index (χ3n) is 15.0. The lowest BCUT2D eigenvalue weighted by Crippen LogP contribution is -2.15. The molecule has 0 fully saturated rings. The summed E-state index contributed by atoms with van der Waals surface area (Å²) < 4.78 is 7.53. The molecule has 4 heterocycles. The molecule has 314 valence electrons. The summed E-state index contributed by atoms with van der Waals surface area (Å²) in [5.74, 6) is 0. The number of hydrogen-bond donors (Lipinski definition) is 0. The summed E-state index contributed by atoms with van der Waals surface area (Å²) in [5.41, 5.74) is 21.3. The van der Waals surface area contributed by atoms with E-state index < -0.39 is 0 Å². The zero-order valence-corrected chi connectivity index (χ0v) is 37.8. The number of fused-ring (bicyclic) bond motifs is 12. The molecule has 13 aromatic rings. The van der Waals surface area contributed by atoms with E-state index in [4.69, 9.17) is 0 Å². The van der Waals surface area contributed by atoms with Gasteiger partial charge in [0.15, 0.2) is 0 Å². The molecule has 2 aliphatic rings. The molecule has 3 aromatic heterocycles. The van der Waals surface area contributed by atoms with Gasteiger partial charge in [-0.25, -0.2) is 0 Å². The Morgan fingerprint density at radius 3 is 1.91 bits per heavy atom. The van der Waals surface area contributed by atoms with Gasteiger partial charge in [0.2, 0.25) is 0 Å². The van der Waals surface area contributed by atoms with Gasteiger partial charge in [-0.05, 0) is 118 Å². The van der Waals surface area contributed by atoms with E-state index in [1.165, 1.54) is 114 Å². The van der Waals surface area contributed by atoms with E-state index in [1.807, 2.05) is 11.3 Å². The average molecular weight is 872 g/mol. The highest BCUT2D eigenvalue weighted by atomic mass is 32.1. The fourth-order valence-electron chi connectivity index (χ4n) is 12.0. The van der Waals surface area contributed by atoms with Crippen LogP contribution in [0.5, 0.6) is 0 Å². The third-order valence-corrected chi connectivity index (χ3v) is 16.2. The maximum atomic E-state index is 2.55. The Labute approximate surface area is 391 Å². The lowest BCUT2D eigenvalue weighted by Gasteiger charge is -2.26. The first-order valence-corrected chi connectivity index (χ1v) is 24.1. The Bertz CT molecular complexity index is 4240. The Morgan fingerprint density at radius 1 is 0.388 bits per heavy atom. The van der Waals surface area contributed by atoms with Gasteiger partial charge in [0.1, 0.15) is 0 Å². The van der Waals surface area contributed by atoms with Crippen LogP contribution in [0.2, 0.25) is 0 Å². The minimum absolute atomic E-state index is 0.0837. The highest BCUT2D eigenvalue weighted by molar-refractivity contribution is 7.25. The molecule has 0 saturated heterocycles. The Balaban J connectivity index is 0.898. The van der Waals surface area contributed by atoms with E-state index in [-0.39, 0.29) is 5.41 Å². The van der Waals surface area contributed by atoms with Gasteiger partial charge in [0, 0.05) is 81.0 Å². The SMILES string of the molecule is CC1(C)c2cccc3c2-c2c1ccc1c4cc(-c5ccc(N(c6ccc7c(c6)sc6ccccc67)c6ccc7c(c6)c6ccccc6n7-c6ccccc6)cc5)ccc4n(c21)-c1ccccc1-3. The first kappa shape index (κ1) is 37.1. The predicted molar refractivity (Wildman–Crippen MR) is 285 cm³/mol. The number of aromatic nitrogens is 2. The van der Waals surface area contributed by atoms with Gasteiger partial charge in [-0.3, -0.25) is 0 Å². The van der Waals surface area contributed by atoms with Crippen molar-refractivity contribution in [3.8, 4) is 44.8 Å². The molecule has 3 nitrogen and oxygen atoms in total. The van der Waals surface area contributed by atoms with Gasteiger partial charge in [-0.15, -0.1) is 11.3 Å². The Kier molecular flexibility index (Phi) is 7.44. The number of para-hydroxylation sites is 3. The van der Waals surface area contributed by atoms with Crippen LogP contribution >= 0.6 is 11.3 Å². The fraction of sp³-hybridized carbons (Fsp3) is 0.0476. The van der Waals surface area contributed by atoms with Crippen molar-refractivity contribution in [1.82, 2.24) is 9.13 Å². The van der Waals surface area contributed by atoms with Crippen molar-refractivity contribution in [2.24, 2.45) is 0 Å². The standard InChI is InChI=1S/C63H41N3S/c1-63(2)52-19-12-18-48-44-15-6-10-21-55(44)66-57-33-25-39(35-50(57)49-31-32-53(63)61(60(48)52)62(49)66)38-23-26-41(27-24-38)64(43-28-30-47-46-17-8-11-22-58(46)67-59(47)37-43)42-29-34-56-51(36-42)45-16-7-9-20-54(45)65(56)40-13-4-3-5-14-40/h3-37H,1-2H3. The quantitative estimate of drug-likeness (QED) is 0.168. The van der Waals surface area contributed by atoms with Crippen LogP contribution in [0.3, 0.4) is 0 Å². The number of hydrogen-bond acceptors (Lipinski definition) is 2. The van der Waals surface area contributed by atoms with Crippen molar-refractivity contribution < 1.29 is 0 Å². The maximum absolute atomic E-state index is 2.55. The van der Waals surface area contributed by atoms with Crippen molar-refractivity contribution in [2.45, 2.75) is 19.3 Å².